The molecule has 2 aromatic carbocycles. The number of nitrogens with zero attached hydrogens (tertiary/aromatic N) is 1. The van der Waals surface area contributed by atoms with E-state index in [-0.39, 0.29) is 30.1 Å². The second-order valence-corrected chi connectivity index (χ2v) is 11.5. The highest BCUT2D eigenvalue weighted by Crippen LogP contribution is 2.39. The van der Waals surface area contributed by atoms with Crippen molar-refractivity contribution in [1.82, 2.24) is 10.4 Å². The fourth-order valence-corrected chi connectivity index (χ4v) is 6.61. The Labute approximate surface area is 224 Å². The summed E-state index contributed by atoms with van der Waals surface area (Å²) >= 11 is 0. The average molecular weight is 555 g/mol. The molecule has 37 heavy (non-hydrogen) atoms. The van der Waals surface area contributed by atoms with Crippen LogP contribution < -0.4 is 15.0 Å². The van der Waals surface area contributed by atoms with E-state index in [0.717, 1.165) is 24.2 Å². The molecule has 4 rings (SSSR count). The first-order valence-corrected chi connectivity index (χ1v) is 13.7. The van der Waals surface area contributed by atoms with Crippen LogP contribution in [0.2, 0.25) is 0 Å². The largest absolute Gasteiger partial charge is 0.497 e. The van der Waals surface area contributed by atoms with Gasteiger partial charge in [-0.05, 0) is 67.6 Å². The second kappa shape index (κ2) is 12.9. The summed E-state index contributed by atoms with van der Waals surface area (Å²) in [6, 6.07) is 14.3. The van der Waals surface area contributed by atoms with Crippen molar-refractivity contribution in [3.8, 4) is 11.5 Å². The highest BCUT2D eigenvalue weighted by Gasteiger charge is 2.53. The lowest BCUT2D eigenvalue weighted by molar-refractivity contribution is -0.133. The van der Waals surface area contributed by atoms with Gasteiger partial charge in [0, 0.05) is 25.6 Å². The van der Waals surface area contributed by atoms with Gasteiger partial charge >= 0.3 is 0 Å². The fraction of sp³-hybridized carbons (Fsp3) is 0.500. The van der Waals surface area contributed by atoms with Gasteiger partial charge in [-0.2, -0.15) is 0 Å². The fourth-order valence-electron chi connectivity index (χ4n) is 4.65. The molecule has 2 aliphatic rings. The third kappa shape index (κ3) is 6.74. The zero-order valence-electron chi connectivity index (χ0n) is 20.9. The molecule has 0 aromatic heterocycles. The van der Waals surface area contributed by atoms with Crippen molar-refractivity contribution in [2.45, 2.75) is 54.4 Å². The Bertz CT molecular complexity index is 1130. The van der Waals surface area contributed by atoms with E-state index in [4.69, 9.17) is 14.2 Å². The van der Waals surface area contributed by atoms with Gasteiger partial charge in [0.25, 0.3) is 5.91 Å². The Hall–Kier alpha value is -2.37. The first kappa shape index (κ1) is 29.2. The van der Waals surface area contributed by atoms with E-state index in [0.29, 0.717) is 51.1 Å². The quantitative estimate of drug-likeness (QED) is 0.233. The molecular formula is C26H35ClN2O7S. The minimum Gasteiger partial charge on any atom is -0.497 e. The number of likely N-dealkylation sites (tertiary alicyclic amines) is 1. The normalized spacial score (nSPS) is 17.5. The predicted octanol–water partition coefficient (Wildman–Crippen LogP) is 3.38. The minimum absolute atomic E-state index is 0. The Morgan fingerprint density at radius 1 is 1.08 bits per heavy atom. The predicted molar refractivity (Wildman–Crippen MR) is 140 cm³/mol. The van der Waals surface area contributed by atoms with Crippen LogP contribution in [-0.4, -0.2) is 68.6 Å². The molecule has 1 aliphatic carbocycles. The number of piperidine rings is 1. The van der Waals surface area contributed by atoms with Crippen molar-refractivity contribution in [2.75, 3.05) is 33.4 Å². The Kier molecular flexibility index (Phi) is 10.2. The number of carbonyl (C=O) groups excluding carboxylic acids is 1. The van der Waals surface area contributed by atoms with Crippen LogP contribution in [0, 0.1) is 0 Å². The van der Waals surface area contributed by atoms with Gasteiger partial charge in [-0.3, -0.25) is 10.0 Å². The standard InChI is InChI=1S/C26H34N2O7S.ClH/c1-33-23-5-2-4-20(18-23)19-34-16-3-17-35-22-8-10-24(11-9-22)36(31,32)26(25(29)27-30)12-14-28(15-13-26)21-6-7-21;/h2,4-5,8-11,18,21,30H,3,6-7,12-17,19H2,1H3,(H,27,29);1H. The molecule has 204 valence electrons. The van der Waals surface area contributed by atoms with E-state index in [2.05, 4.69) is 4.90 Å². The third-order valence-corrected chi connectivity index (χ3v) is 9.45. The molecule has 1 saturated heterocycles. The lowest BCUT2D eigenvalue weighted by Crippen LogP contribution is -2.58. The first-order valence-electron chi connectivity index (χ1n) is 12.3. The van der Waals surface area contributed by atoms with Crippen molar-refractivity contribution >= 4 is 28.2 Å². The summed E-state index contributed by atoms with van der Waals surface area (Å²) in [5.74, 6) is 0.453. The molecule has 0 spiro atoms. The molecule has 1 saturated carbocycles. The van der Waals surface area contributed by atoms with Crippen LogP contribution in [-0.2, 0) is 26.0 Å². The molecule has 11 heteroatoms. The Morgan fingerprint density at radius 3 is 2.41 bits per heavy atom. The molecular weight excluding hydrogens is 520 g/mol. The van der Waals surface area contributed by atoms with Gasteiger partial charge in [0.1, 0.15) is 11.5 Å². The van der Waals surface area contributed by atoms with E-state index in [1.165, 1.54) is 12.1 Å². The number of ether oxygens (including phenoxy) is 3. The number of hydrogen-bond donors (Lipinski definition) is 2. The summed E-state index contributed by atoms with van der Waals surface area (Å²) in [5.41, 5.74) is 2.63. The van der Waals surface area contributed by atoms with Crippen molar-refractivity contribution in [3.05, 3.63) is 54.1 Å². The van der Waals surface area contributed by atoms with Crippen LogP contribution >= 0.6 is 12.4 Å². The number of hydroxylamine groups is 1. The summed E-state index contributed by atoms with van der Waals surface area (Å²) in [7, 11) is -2.40. The van der Waals surface area contributed by atoms with Crippen LogP contribution in [0.5, 0.6) is 11.5 Å². The van der Waals surface area contributed by atoms with Crippen LogP contribution in [0.1, 0.15) is 37.7 Å². The number of amides is 1. The number of rotatable bonds is 12. The van der Waals surface area contributed by atoms with Gasteiger partial charge in [0.05, 0.1) is 31.8 Å². The summed E-state index contributed by atoms with van der Waals surface area (Å²) in [4.78, 5) is 14.9. The summed E-state index contributed by atoms with van der Waals surface area (Å²) in [5, 5.41) is 9.33. The van der Waals surface area contributed by atoms with Gasteiger partial charge < -0.3 is 19.1 Å². The number of halogens is 1. The topological polar surface area (TPSA) is 114 Å². The smallest absolute Gasteiger partial charge is 0.265 e. The van der Waals surface area contributed by atoms with Crippen molar-refractivity contribution < 1.29 is 32.6 Å². The minimum atomic E-state index is -4.03. The number of hydrogen-bond acceptors (Lipinski definition) is 8. The second-order valence-electron chi connectivity index (χ2n) is 9.28. The van der Waals surface area contributed by atoms with Gasteiger partial charge in [-0.25, -0.2) is 13.9 Å². The zero-order chi connectivity index (χ0) is 25.6. The maximum absolute atomic E-state index is 13.5. The number of carbonyl (C=O) groups is 1. The summed E-state index contributed by atoms with van der Waals surface area (Å²) < 4.78 is 42.0. The third-order valence-electron chi connectivity index (χ3n) is 6.94. The SMILES string of the molecule is COc1cccc(COCCCOc2ccc(S(=O)(=O)C3(C(=O)NO)CCN(C4CC4)CC3)cc2)c1.Cl. The lowest BCUT2D eigenvalue weighted by Gasteiger charge is -2.39. The van der Waals surface area contributed by atoms with Gasteiger partial charge in [-0.15, -0.1) is 12.4 Å². The van der Waals surface area contributed by atoms with Crippen molar-refractivity contribution in [2.24, 2.45) is 0 Å². The van der Waals surface area contributed by atoms with Crippen LogP contribution in [0.15, 0.2) is 53.4 Å². The van der Waals surface area contributed by atoms with E-state index in [1.807, 2.05) is 24.3 Å². The van der Waals surface area contributed by atoms with Crippen molar-refractivity contribution in [3.63, 3.8) is 0 Å². The average Bonchev–Trinajstić information content (AvgIpc) is 3.76. The molecule has 0 radical (unpaired) electrons. The molecule has 9 nitrogen and oxygen atoms in total. The van der Waals surface area contributed by atoms with E-state index in [1.54, 1.807) is 24.7 Å². The molecule has 0 atom stereocenters. The number of methoxy groups -OCH3 is 1. The zero-order valence-corrected chi connectivity index (χ0v) is 22.6. The van der Waals surface area contributed by atoms with Crippen LogP contribution in [0.3, 0.4) is 0 Å². The maximum atomic E-state index is 13.5. The van der Waals surface area contributed by atoms with Gasteiger partial charge in [-0.1, -0.05) is 12.1 Å². The summed E-state index contributed by atoms with van der Waals surface area (Å²) in [6.07, 6.45) is 3.18. The molecule has 2 fully saturated rings. The number of nitrogens with one attached hydrogen (secondary N) is 1. The molecule has 1 aliphatic heterocycles. The first-order chi connectivity index (χ1) is 17.4. The van der Waals surface area contributed by atoms with E-state index in [9.17, 15) is 18.4 Å². The number of benzene rings is 2. The maximum Gasteiger partial charge on any atom is 0.265 e. The van der Waals surface area contributed by atoms with E-state index >= 15 is 0 Å². The molecule has 2 N–H and O–H groups in total. The van der Waals surface area contributed by atoms with Gasteiger partial charge in [0.2, 0.25) is 0 Å². The molecule has 2 aromatic rings. The highest BCUT2D eigenvalue weighted by molar-refractivity contribution is 7.93. The molecule has 0 bridgehead atoms. The van der Waals surface area contributed by atoms with Crippen LogP contribution in [0.4, 0.5) is 0 Å². The Balaban J connectivity index is 0.00000380. The van der Waals surface area contributed by atoms with E-state index < -0.39 is 20.5 Å². The monoisotopic (exact) mass is 554 g/mol. The molecule has 1 heterocycles. The molecule has 0 unspecified atom stereocenters. The lowest BCUT2D eigenvalue weighted by atomic mass is 9.94. The Morgan fingerprint density at radius 2 is 1.78 bits per heavy atom. The van der Waals surface area contributed by atoms with Gasteiger partial charge in [0.15, 0.2) is 14.6 Å². The molecule has 1 amide bonds. The van der Waals surface area contributed by atoms with Crippen molar-refractivity contribution in [1.29, 1.82) is 0 Å². The number of sulfone groups is 1. The summed E-state index contributed by atoms with van der Waals surface area (Å²) in [6.45, 7) is 2.43. The highest BCUT2D eigenvalue weighted by atomic mass is 35.5. The van der Waals surface area contributed by atoms with Crippen LogP contribution in [0.25, 0.3) is 0 Å².